The Bertz CT molecular complexity index is 501. The van der Waals surface area contributed by atoms with Crippen molar-refractivity contribution >= 4 is 5.97 Å². The Kier molecular flexibility index (Phi) is 5.78. The van der Waals surface area contributed by atoms with Crippen LogP contribution in [0.1, 0.15) is 23.6 Å². The van der Waals surface area contributed by atoms with Crippen molar-refractivity contribution in [1.29, 1.82) is 0 Å². The van der Waals surface area contributed by atoms with Gasteiger partial charge in [0.2, 0.25) is 0 Å². The Morgan fingerprint density at radius 3 is 2.95 bits per heavy atom. The van der Waals surface area contributed by atoms with E-state index in [1.165, 1.54) is 18.2 Å². The molecule has 0 radical (unpaired) electrons. The van der Waals surface area contributed by atoms with Crippen molar-refractivity contribution in [3.8, 4) is 0 Å². The van der Waals surface area contributed by atoms with E-state index < -0.39 is 12.0 Å². The number of aliphatic carboxylic acids is 1. The van der Waals surface area contributed by atoms with E-state index in [9.17, 15) is 9.18 Å². The van der Waals surface area contributed by atoms with Crippen LogP contribution in [0.5, 0.6) is 0 Å². The van der Waals surface area contributed by atoms with E-state index in [4.69, 9.17) is 10.6 Å². The summed E-state index contributed by atoms with van der Waals surface area (Å²) in [5.41, 5.74) is 9.00. The van der Waals surface area contributed by atoms with Gasteiger partial charge in [0.1, 0.15) is 11.9 Å². The number of benzene rings is 1. The number of carboxylic acid groups (broad SMARTS) is 1. The van der Waals surface area contributed by atoms with Crippen molar-refractivity contribution in [3.63, 3.8) is 0 Å². The molecular weight excluding hydrogens is 251 g/mol. The molecule has 1 unspecified atom stereocenters. The van der Waals surface area contributed by atoms with E-state index in [2.05, 4.69) is 15.3 Å². The molecule has 2 N–H and O–H groups in total. The summed E-state index contributed by atoms with van der Waals surface area (Å²) in [5, 5.41) is 15.3. The summed E-state index contributed by atoms with van der Waals surface area (Å²) < 4.78 is 13.1. The van der Waals surface area contributed by atoms with Crippen molar-refractivity contribution in [2.45, 2.75) is 19.4 Å². The Labute approximate surface area is 109 Å². The van der Waals surface area contributed by atoms with Gasteiger partial charge in [-0.25, -0.2) is 4.39 Å². The third-order valence-corrected chi connectivity index (χ3v) is 2.61. The topological polar surface area (TPSA) is 98.1 Å². The van der Waals surface area contributed by atoms with Gasteiger partial charge in [-0.15, -0.1) is 0 Å². The normalized spacial score (nSPS) is 11.7. The molecule has 0 spiro atoms. The van der Waals surface area contributed by atoms with E-state index >= 15 is 0 Å². The number of aryl methyl sites for hydroxylation is 1. The average molecular weight is 266 g/mol. The van der Waals surface area contributed by atoms with Crippen LogP contribution in [0.2, 0.25) is 0 Å². The summed E-state index contributed by atoms with van der Waals surface area (Å²) >= 11 is 0. The third-order valence-electron chi connectivity index (χ3n) is 2.61. The molecule has 1 aromatic carbocycles. The summed E-state index contributed by atoms with van der Waals surface area (Å²) in [7, 11) is 0. The first kappa shape index (κ1) is 14.9. The maximum absolute atomic E-state index is 13.1. The Balaban J connectivity index is 2.69. The molecular formula is C12H15FN4O2. The monoisotopic (exact) mass is 266 g/mol. The zero-order valence-corrected chi connectivity index (χ0v) is 10.5. The summed E-state index contributed by atoms with van der Waals surface area (Å²) in [4.78, 5) is 13.8. The van der Waals surface area contributed by atoms with Crippen molar-refractivity contribution in [2.75, 3.05) is 13.1 Å². The maximum Gasteiger partial charge on any atom is 0.325 e. The molecule has 1 rings (SSSR count). The molecule has 0 saturated heterocycles. The van der Waals surface area contributed by atoms with E-state index in [1.807, 2.05) is 0 Å². The molecule has 19 heavy (non-hydrogen) atoms. The molecule has 1 atom stereocenters. The highest BCUT2D eigenvalue weighted by Crippen LogP contribution is 2.17. The van der Waals surface area contributed by atoms with Gasteiger partial charge in [0.15, 0.2) is 0 Å². The first-order valence-electron chi connectivity index (χ1n) is 5.79. The van der Waals surface area contributed by atoms with Gasteiger partial charge >= 0.3 is 5.97 Å². The second-order valence-corrected chi connectivity index (χ2v) is 4.04. The van der Waals surface area contributed by atoms with Gasteiger partial charge in [-0.05, 0) is 42.6 Å². The summed E-state index contributed by atoms with van der Waals surface area (Å²) in [6.07, 6.45) is 0.536. The third kappa shape index (κ3) is 4.57. The maximum atomic E-state index is 13.1. The first-order valence-corrected chi connectivity index (χ1v) is 5.79. The lowest BCUT2D eigenvalue weighted by atomic mass is 10.0. The van der Waals surface area contributed by atoms with Crippen molar-refractivity contribution in [2.24, 2.45) is 5.11 Å². The van der Waals surface area contributed by atoms with Crippen LogP contribution >= 0.6 is 0 Å². The van der Waals surface area contributed by atoms with Gasteiger partial charge in [0.25, 0.3) is 0 Å². The highest BCUT2D eigenvalue weighted by Gasteiger charge is 2.19. The lowest BCUT2D eigenvalue weighted by molar-refractivity contribution is -0.139. The molecule has 0 amide bonds. The van der Waals surface area contributed by atoms with Crippen LogP contribution in [0.15, 0.2) is 23.3 Å². The molecule has 0 aliphatic carbocycles. The Morgan fingerprint density at radius 2 is 2.37 bits per heavy atom. The Hall–Kier alpha value is -2.11. The zero-order chi connectivity index (χ0) is 14.3. The number of rotatable bonds is 7. The largest absolute Gasteiger partial charge is 0.480 e. The fraction of sp³-hybridized carbons (Fsp3) is 0.417. The average Bonchev–Trinajstić information content (AvgIpc) is 2.37. The van der Waals surface area contributed by atoms with E-state index in [0.29, 0.717) is 30.6 Å². The molecule has 1 aromatic rings. The lowest BCUT2D eigenvalue weighted by Crippen LogP contribution is -2.29. The van der Waals surface area contributed by atoms with Crippen LogP contribution in [0.25, 0.3) is 10.4 Å². The fourth-order valence-corrected chi connectivity index (χ4v) is 1.64. The van der Waals surface area contributed by atoms with E-state index in [0.717, 1.165) is 0 Å². The quantitative estimate of drug-likeness (QED) is 0.343. The van der Waals surface area contributed by atoms with E-state index in [-0.39, 0.29) is 5.82 Å². The highest BCUT2D eigenvalue weighted by atomic mass is 19.1. The molecule has 0 aromatic heterocycles. The zero-order valence-electron chi connectivity index (χ0n) is 10.5. The van der Waals surface area contributed by atoms with Gasteiger partial charge in [0, 0.05) is 11.5 Å². The predicted octanol–water partition coefficient (Wildman–Crippen LogP) is 2.55. The van der Waals surface area contributed by atoms with Gasteiger partial charge in [-0.2, -0.15) is 0 Å². The van der Waals surface area contributed by atoms with Crippen molar-refractivity contribution in [3.05, 3.63) is 45.6 Å². The summed E-state index contributed by atoms with van der Waals surface area (Å²) in [6, 6.07) is 3.31. The van der Waals surface area contributed by atoms with Crippen LogP contribution in [-0.4, -0.2) is 24.2 Å². The highest BCUT2D eigenvalue weighted by molar-refractivity contribution is 5.75. The van der Waals surface area contributed by atoms with Gasteiger partial charge in [-0.1, -0.05) is 17.2 Å². The van der Waals surface area contributed by atoms with Gasteiger partial charge in [-0.3, -0.25) is 4.79 Å². The molecule has 6 nitrogen and oxygen atoms in total. The molecule has 102 valence electrons. The second kappa shape index (κ2) is 7.35. The number of hydrogen-bond donors (Lipinski definition) is 2. The standard InChI is InChI=1S/C12H15FN4O2/c1-8-7-9(3-4-10(8)13)11(12(18)19)15-5-2-6-16-17-14/h3-4,7,11,15H,2,5-6H2,1H3,(H,18,19). The number of nitrogens with zero attached hydrogens (tertiary/aromatic N) is 3. The van der Waals surface area contributed by atoms with Crippen LogP contribution < -0.4 is 5.32 Å². The van der Waals surface area contributed by atoms with Gasteiger partial charge < -0.3 is 10.4 Å². The number of nitrogens with one attached hydrogen (secondary N) is 1. The van der Waals surface area contributed by atoms with Crippen LogP contribution in [0.4, 0.5) is 4.39 Å². The van der Waals surface area contributed by atoms with Crippen molar-refractivity contribution in [1.82, 2.24) is 5.32 Å². The second-order valence-electron chi connectivity index (χ2n) is 4.04. The predicted molar refractivity (Wildman–Crippen MR) is 68.1 cm³/mol. The molecule has 0 saturated carbocycles. The number of hydrogen-bond acceptors (Lipinski definition) is 3. The van der Waals surface area contributed by atoms with Crippen LogP contribution in [0, 0.1) is 12.7 Å². The summed E-state index contributed by atoms with van der Waals surface area (Å²) in [6.45, 7) is 2.28. The number of carbonyl (C=O) groups is 1. The van der Waals surface area contributed by atoms with Crippen LogP contribution in [-0.2, 0) is 4.79 Å². The smallest absolute Gasteiger partial charge is 0.325 e. The summed E-state index contributed by atoms with van der Waals surface area (Å²) in [5.74, 6) is -1.40. The first-order chi connectivity index (χ1) is 9.06. The molecule has 0 bridgehead atoms. The molecule has 7 heteroatoms. The van der Waals surface area contributed by atoms with Crippen molar-refractivity contribution < 1.29 is 14.3 Å². The minimum atomic E-state index is -1.03. The number of azide groups is 1. The number of carboxylic acids is 1. The molecule has 0 aliphatic heterocycles. The molecule has 0 aliphatic rings. The fourth-order valence-electron chi connectivity index (χ4n) is 1.64. The van der Waals surface area contributed by atoms with E-state index in [1.54, 1.807) is 6.92 Å². The SMILES string of the molecule is Cc1cc(C(NCCCN=[N+]=[N-])C(=O)O)ccc1F. The minimum Gasteiger partial charge on any atom is -0.480 e. The minimum absolute atomic E-state index is 0.304. The number of halogens is 1. The Morgan fingerprint density at radius 1 is 1.63 bits per heavy atom. The lowest BCUT2D eigenvalue weighted by Gasteiger charge is -2.15. The van der Waals surface area contributed by atoms with Gasteiger partial charge in [0.05, 0.1) is 0 Å². The van der Waals surface area contributed by atoms with Crippen LogP contribution in [0.3, 0.4) is 0 Å². The molecule has 0 fully saturated rings. The molecule has 0 heterocycles.